The number of pyridine rings is 1. The number of ether oxygens (including phenoxy) is 1. The molecule has 0 unspecified atom stereocenters. The van der Waals surface area contributed by atoms with Gasteiger partial charge in [-0.25, -0.2) is 0 Å². The number of benzene rings is 1. The Balaban J connectivity index is 1.89. The first kappa shape index (κ1) is 22.3. The van der Waals surface area contributed by atoms with Gasteiger partial charge in [-0.3, -0.25) is 14.5 Å². The Hall–Kier alpha value is -3.40. The zero-order chi connectivity index (χ0) is 22.8. The second-order valence-corrected chi connectivity index (χ2v) is 7.46. The van der Waals surface area contributed by atoms with Crippen LogP contribution in [0.1, 0.15) is 35.8 Å². The smallest absolute Gasteiger partial charge is 0.406 e. The summed E-state index contributed by atoms with van der Waals surface area (Å²) in [5.74, 6) is -0.918. The van der Waals surface area contributed by atoms with Gasteiger partial charge in [0.15, 0.2) is 0 Å². The SMILES string of the molecule is Cn1cc(C(=O)N[C@@H](c2ccc(OC(F)(F)F)cc2)C(C)(C)O)c(-c2ccccn2)n1. The van der Waals surface area contributed by atoms with Crippen LogP contribution in [0.2, 0.25) is 0 Å². The number of carbonyl (C=O) groups is 1. The van der Waals surface area contributed by atoms with Crippen molar-refractivity contribution in [2.75, 3.05) is 0 Å². The molecule has 10 heteroatoms. The summed E-state index contributed by atoms with van der Waals surface area (Å²) in [7, 11) is 1.66. The number of alkyl halides is 3. The third-order valence-corrected chi connectivity index (χ3v) is 4.41. The third kappa shape index (κ3) is 5.60. The predicted molar refractivity (Wildman–Crippen MR) is 106 cm³/mol. The van der Waals surface area contributed by atoms with E-state index in [4.69, 9.17) is 0 Å². The summed E-state index contributed by atoms with van der Waals surface area (Å²) >= 11 is 0. The molecule has 1 amide bonds. The maximum absolute atomic E-state index is 13.1. The van der Waals surface area contributed by atoms with Crippen molar-refractivity contribution in [3.8, 4) is 17.1 Å². The number of nitrogens with zero attached hydrogens (tertiary/aromatic N) is 3. The molecule has 2 heterocycles. The van der Waals surface area contributed by atoms with E-state index in [-0.39, 0.29) is 5.56 Å². The zero-order valence-electron chi connectivity index (χ0n) is 17.0. The lowest BCUT2D eigenvalue weighted by Crippen LogP contribution is -2.42. The lowest BCUT2D eigenvalue weighted by atomic mass is 9.91. The van der Waals surface area contributed by atoms with Crippen LogP contribution in [0.25, 0.3) is 11.4 Å². The number of rotatable bonds is 6. The van der Waals surface area contributed by atoms with Gasteiger partial charge in [0.2, 0.25) is 0 Å². The van der Waals surface area contributed by atoms with Crippen LogP contribution in [-0.2, 0) is 7.05 Å². The Kier molecular flexibility index (Phi) is 6.03. The largest absolute Gasteiger partial charge is 0.573 e. The number of nitrogens with one attached hydrogen (secondary N) is 1. The molecule has 3 aromatic rings. The van der Waals surface area contributed by atoms with E-state index in [1.54, 1.807) is 31.4 Å². The molecule has 2 N–H and O–H groups in total. The highest BCUT2D eigenvalue weighted by atomic mass is 19.4. The van der Waals surface area contributed by atoms with Crippen molar-refractivity contribution in [2.24, 2.45) is 7.05 Å². The van der Waals surface area contributed by atoms with E-state index in [0.29, 0.717) is 17.0 Å². The quantitative estimate of drug-likeness (QED) is 0.619. The average molecular weight is 434 g/mol. The summed E-state index contributed by atoms with van der Waals surface area (Å²) in [6.45, 7) is 2.97. The molecule has 0 aliphatic carbocycles. The summed E-state index contributed by atoms with van der Waals surface area (Å²) in [4.78, 5) is 17.3. The predicted octanol–water partition coefficient (Wildman–Crippen LogP) is 3.62. The van der Waals surface area contributed by atoms with Crippen LogP contribution in [0, 0.1) is 0 Å². The second kappa shape index (κ2) is 8.38. The van der Waals surface area contributed by atoms with Crippen molar-refractivity contribution in [1.29, 1.82) is 0 Å². The van der Waals surface area contributed by atoms with Crippen molar-refractivity contribution in [3.05, 3.63) is 66.0 Å². The van der Waals surface area contributed by atoms with E-state index in [1.807, 2.05) is 0 Å². The maximum atomic E-state index is 13.1. The molecule has 1 atom stereocenters. The Labute approximate surface area is 176 Å². The minimum Gasteiger partial charge on any atom is -0.406 e. The van der Waals surface area contributed by atoms with Crippen LogP contribution < -0.4 is 10.1 Å². The van der Waals surface area contributed by atoms with Crippen LogP contribution >= 0.6 is 0 Å². The molecular formula is C21H21F3N4O3. The maximum Gasteiger partial charge on any atom is 0.573 e. The van der Waals surface area contributed by atoms with Crippen LogP contribution in [0.3, 0.4) is 0 Å². The van der Waals surface area contributed by atoms with Crippen molar-refractivity contribution in [2.45, 2.75) is 31.9 Å². The number of hydrogen-bond donors (Lipinski definition) is 2. The van der Waals surface area contributed by atoms with E-state index >= 15 is 0 Å². The van der Waals surface area contributed by atoms with Gasteiger partial charge in [0, 0.05) is 19.4 Å². The molecule has 0 spiro atoms. The minimum atomic E-state index is -4.81. The Morgan fingerprint density at radius 2 is 1.84 bits per heavy atom. The Bertz CT molecular complexity index is 1040. The van der Waals surface area contributed by atoms with Crippen molar-refractivity contribution in [3.63, 3.8) is 0 Å². The Morgan fingerprint density at radius 1 is 1.16 bits per heavy atom. The molecule has 0 fully saturated rings. The summed E-state index contributed by atoms with van der Waals surface area (Å²) in [5.41, 5.74) is 0.0898. The summed E-state index contributed by atoms with van der Waals surface area (Å²) < 4.78 is 42.5. The third-order valence-electron chi connectivity index (χ3n) is 4.41. The number of aliphatic hydroxyl groups is 1. The van der Waals surface area contributed by atoms with Gasteiger partial charge in [-0.2, -0.15) is 5.10 Å². The molecular weight excluding hydrogens is 413 g/mol. The molecule has 31 heavy (non-hydrogen) atoms. The van der Waals surface area contributed by atoms with Gasteiger partial charge in [-0.05, 0) is 43.7 Å². The molecule has 3 rings (SSSR count). The van der Waals surface area contributed by atoms with E-state index in [9.17, 15) is 23.1 Å². The average Bonchev–Trinajstić information content (AvgIpc) is 3.07. The van der Waals surface area contributed by atoms with Gasteiger partial charge in [-0.1, -0.05) is 18.2 Å². The normalized spacial score (nSPS) is 13.0. The number of carbonyl (C=O) groups excluding carboxylic acids is 1. The first-order chi connectivity index (χ1) is 14.4. The van der Waals surface area contributed by atoms with Gasteiger partial charge in [-0.15, -0.1) is 13.2 Å². The van der Waals surface area contributed by atoms with Crippen molar-refractivity contribution < 1.29 is 27.8 Å². The number of halogens is 3. The van der Waals surface area contributed by atoms with Crippen molar-refractivity contribution >= 4 is 5.91 Å². The summed E-state index contributed by atoms with van der Waals surface area (Å²) in [6.07, 6.45) is -1.70. The van der Waals surface area contributed by atoms with Crippen LogP contribution in [0.15, 0.2) is 54.9 Å². The molecule has 0 radical (unpaired) electrons. The molecule has 0 aliphatic rings. The van der Waals surface area contributed by atoms with E-state index in [2.05, 4.69) is 20.1 Å². The van der Waals surface area contributed by atoms with E-state index in [0.717, 1.165) is 12.1 Å². The molecule has 0 saturated carbocycles. The van der Waals surface area contributed by atoms with Gasteiger partial charge in [0.05, 0.1) is 22.9 Å². The molecule has 1 aromatic carbocycles. The molecule has 7 nitrogen and oxygen atoms in total. The van der Waals surface area contributed by atoms with Crippen LogP contribution in [-0.4, -0.2) is 37.7 Å². The van der Waals surface area contributed by atoms with Gasteiger partial charge >= 0.3 is 6.36 Å². The molecule has 164 valence electrons. The molecule has 0 aliphatic heterocycles. The van der Waals surface area contributed by atoms with E-state index < -0.39 is 29.7 Å². The second-order valence-electron chi connectivity index (χ2n) is 7.46. The van der Waals surface area contributed by atoms with E-state index in [1.165, 1.54) is 36.9 Å². The highest BCUT2D eigenvalue weighted by Crippen LogP contribution is 2.30. The molecule has 0 bridgehead atoms. The zero-order valence-corrected chi connectivity index (χ0v) is 17.0. The fraction of sp³-hybridized carbons (Fsp3) is 0.286. The lowest BCUT2D eigenvalue weighted by molar-refractivity contribution is -0.274. The van der Waals surface area contributed by atoms with Crippen molar-refractivity contribution in [1.82, 2.24) is 20.1 Å². The van der Waals surface area contributed by atoms with Crippen LogP contribution in [0.5, 0.6) is 5.75 Å². The van der Waals surface area contributed by atoms with Gasteiger partial charge in [0.1, 0.15) is 11.4 Å². The van der Waals surface area contributed by atoms with Gasteiger partial charge in [0.25, 0.3) is 5.91 Å². The number of amides is 1. The minimum absolute atomic E-state index is 0.243. The Morgan fingerprint density at radius 3 is 2.39 bits per heavy atom. The highest BCUT2D eigenvalue weighted by Gasteiger charge is 2.33. The molecule has 2 aromatic heterocycles. The summed E-state index contributed by atoms with van der Waals surface area (Å²) in [5, 5.41) is 17.7. The molecule has 0 saturated heterocycles. The van der Waals surface area contributed by atoms with Gasteiger partial charge < -0.3 is 15.2 Å². The number of hydrogen-bond acceptors (Lipinski definition) is 5. The topological polar surface area (TPSA) is 89.3 Å². The number of aromatic nitrogens is 3. The van der Waals surface area contributed by atoms with Crippen LogP contribution in [0.4, 0.5) is 13.2 Å². The fourth-order valence-corrected chi connectivity index (χ4v) is 3.09. The lowest BCUT2D eigenvalue weighted by Gasteiger charge is -2.30. The first-order valence-corrected chi connectivity index (χ1v) is 9.28. The monoisotopic (exact) mass is 434 g/mol. The summed E-state index contributed by atoms with van der Waals surface area (Å²) in [6, 6.07) is 9.25. The standard InChI is InChI=1S/C21H21F3N4O3/c1-20(2,30)18(13-7-9-14(10-8-13)31-21(22,23)24)26-19(29)15-12-28(3)27-17(15)16-6-4-5-11-25-16/h4-12,18,30H,1-3H3,(H,26,29)/t18-/m0/s1. The number of aryl methyl sites for hydroxylation is 1. The fourth-order valence-electron chi connectivity index (χ4n) is 3.09. The first-order valence-electron chi connectivity index (χ1n) is 9.28. The highest BCUT2D eigenvalue weighted by molar-refractivity contribution is 5.99.